The second kappa shape index (κ2) is 3.00. The minimum absolute atomic E-state index is 0.220. The lowest BCUT2D eigenvalue weighted by molar-refractivity contribution is 0.261. The van der Waals surface area contributed by atoms with Crippen molar-refractivity contribution in [2.75, 3.05) is 19.6 Å². The Morgan fingerprint density at radius 3 is 2.92 bits per heavy atom. The Morgan fingerprint density at radius 1 is 1.46 bits per heavy atom. The van der Waals surface area contributed by atoms with Crippen LogP contribution in [0.5, 0.6) is 0 Å². The summed E-state index contributed by atoms with van der Waals surface area (Å²) in [5.41, 5.74) is 0. The zero-order valence-electron chi connectivity index (χ0n) is 7.13. The van der Waals surface area contributed by atoms with Gasteiger partial charge < -0.3 is 0 Å². The normalized spacial score (nSPS) is 34.8. The Kier molecular flexibility index (Phi) is 2.09. The van der Waals surface area contributed by atoms with Crippen molar-refractivity contribution in [2.24, 2.45) is 21.3 Å². The molecule has 0 aromatic carbocycles. The molecule has 0 saturated carbocycles. The van der Waals surface area contributed by atoms with Gasteiger partial charge in [0.15, 0.2) is 0 Å². The van der Waals surface area contributed by atoms with Gasteiger partial charge in [-0.1, -0.05) is 0 Å². The molecule has 2 atom stereocenters. The fraction of sp³-hybridized carbons (Fsp3) is 1.00. The fourth-order valence-electron chi connectivity index (χ4n) is 1.81. The Labute approximate surface area is 77.0 Å². The van der Waals surface area contributed by atoms with Gasteiger partial charge in [-0.3, -0.25) is 0 Å². The second-order valence-electron chi connectivity index (χ2n) is 3.46. The molecule has 7 heteroatoms. The van der Waals surface area contributed by atoms with Crippen LogP contribution in [-0.4, -0.2) is 38.4 Å². The van der Waals surface area contributed by atoms with Gasteiger partial charge in [-0.05, 0) is 6.42 Å². The Balaban J connectivity index is 2.07. The first-order valence-corrected chi connectivity index (χ1v) is 5.72. The van der Waals surface area contributed by atoms with Crippen LogP contribution in [0, 0.1) is 5.92 Å². The SMILES string of the molecule is NS(=O)(=O)N1CCC2N=NCC2C1. The monoisotopic (exact) mass is 204 g/mol. The van der Waals surface area contributed by atoms with E-state index in [-0.39, 0.29) is 12.0 Å². The highest BCUT2D eigenvalue weighted by molar-refractivity contribution is 7.86. The lowest BCUT2D eigenvalue weighted by Crippen LogP contribution is -2.47. The Morgan fingerprint density at radius 2 is 2.23 bits per heavy atom. The number of azo groups is 1. The highest BCUT2D eigenvalue weighted by Crippen LogP contribution is 2.26. The van der Waals surface area contributed by atoms with Crippen LogP contribution in [0.25, 0.3) is 0 Å². The van der Waals surface area contributed by atoms with Crippen LogP contribution in [0.2, 0.25) is 0 Å². The molecule has 2 aliphatic heterocycles. The quantitative estimate of drug-likeness (QED) is 0.615. The van der Waals surface area contributed by atoms with Crippen LogP contribution >= 0.6 is 0 Å². The first kappa shape index (κ1) is 9.04. The standard InChI is InChI=1S/C6H12N4O2S/c7-13(11,12)10-2-1-6-5(4-10)3-8-9-6/h5-6H,1-4H2,(H2,7,11,12). The summed E-state index contributed by atoms with van der Waals surface area (Å²) >= 11 is 0. The maximum absolute atomic E-state index is 11.0. The summed E-state index contributed by atoms with van der Waals surface area (Å²) in [7, 11) is -3.51. The summed E-state index contributed by atoms with van der Waals surface area (Å²) in [6.45, 7) is 1.58. The molecule has 1 fully saturated rings. The van der Waals surface area contributed by atoms with Gasteiger partial charge in [0.05, 0.1) is 12.6 Å². The molecule has 74 valence electrons. The van der Waals surface area contributed by atoms with Gasteiger partial charge in [0, 0.05) is 19.0 Å². The lowest BCUT2D eigenvalue weighted by atomic mass is 9.96. The van der Waals surface area contributed by atoms with E-state index in [2.05, 4.69) is 10.2 Å². The average molecular weight is 204 g/mol. The molecule has 2 rings (SSSR count). The molecule has 0 aromatic rings. The number of fused-ring (bicyclic) bond motifs is 1. The van der Waals surface area contributed by atoms with Gasteiger partial charge in [-0.15, -0.1) is 0 Å². The van der Waals surface area contributed by atoms with E-state index in [0.717, 1.165) is 6.42 Å². The zero-order valence-corrected chi connectivity index (χ0v) is 7.94. The van der Waals surface area contributed by atoms with E-state index in [9.17, 15) is 8.42 Å². The molecule has 0 amide bonds. The van der Waals surface area contributed by atoms with Crippen LogP contribution in [0.3, 0.4) is 0 Å². The topological polar surface area (TPSA) is 88.1 Å². The van der Waals surface area contributed by atoms with Crippen molar-refractivity contribution in [2.45, 2.75) is 12.5 Å². The van der Waals surface area contributed by atoms with Gasteiger partial charge >= 0.3 is 0 Å². The molecule has 0 spiro atoms. The molecule has 0 bridgehead atoms. The molecule has 1 saturated heterocycles. The largest absolute Gasteiger partial charge is 0.276 e. The van der Waals surface area contributed by atoms with Crippen LogP contribution < -0.4 is 5.14 Å². The summed E-state index contributed by atoms with van der Waals surface area (Å²) in [4.78, 5) is 0. The average Bonchev–Trinajstić information content (AvgIpc) is 2.47. The maximum Gasteiger partial charge on any atom is 0.276 e. The Bertz CT molecular complexity index is 326. The van der Waals surface area contributed by atoms with Gasteiger partial charge in [-0.2, -0.15) is 23.0 Å². The van der Waals surface area contributed by atoms with Crippen molar-refractivity contribution in [3.05, 3.63) is 0 Å². The number of nitrogens with two attached hydrogens (primary N) is 1. The molecular weight excluding hydrogens is 192 g/mol. The minimum atomic E-state index is -3.51. The summed E-state index contributed by atoms with van der Waals surface area (Å²) < 4.78 is 23.3. The molecule has 2 N–H and O–H groups in total. The minimum Gasteiger partial charge on any atom is -0.216 e. The van der Waals surface area contributed by atoms with E-state index >= 15 is 0 Å². The smallest absolute Gasteiger partial charge is 0.216 e. The Hall–Kier alpha value is -0.530. The molecular formula is C6H12N4O2S. The van der Waals surface area contributed by atoms with Crippen molar-refractivity contribution >= 4 is 10.2 Å². The highest BCUT2D eigenvalue weighted by atomic mass is 32.2. The third kappa shape index (κ3) is 1.72. The van der Waals surface area contributed by atoms with Gasteiger partial charge in [0.1, 0.15) is 0 Å². The predicted molar refractivity (Wildman–Crippen MR) is 46.3 cm³/mol. The molecule has 0 radical (unpaired) electrons. The van der Waals surface area contributed by atoms with Crippen LogP contribution in [-0.2, 0) is 10.2 Å². The lowest BCUT2D eigenvalue weighted by Gasteiger charge is -2.30. The molecule has 6 nitrogen and oxygen atoms in total. The van der Waals surface area contributed by atoms with Crippen molar-refractivity contribution in [1.82, 2.24) is 4.31 Å². The molecule has 2 aliphatic rings. The van der Waals surface area contributed by atoms with Crippen LogP contribution in [0.4, 0.5) is 0 Å². The van der Waals surface area contributed by atoms with E-state index in [1.54, 1.807) is 0 Å². The molecule has 13 heavy (non-hydrogen) atoms. The van der Waals surface area contributed by atoms with Gasteiger partial charge in [-0.25, -0.2) is 5.14 Å². The van der Waals surface area contributed by atoms with E-state index in [4.69, 9.17) is 5.14 Å². The number of nitrogens with zero attached hydrogens (tertiary/aromatic N) is 3. The number of hydrogen-bond donors (Lipinski definition) is 1. The van der Waals surface area contributed by atoms with E-state index in [1.165, 1.54) is 4.31 Å². The van der Waals surface area contributed by atoms with Crippen LogP contribution in [0.15, 0.2) is 10.2 Å². The van der Waals surface area contributed by atoms with Gasteiger partial charge in [0.2, 0.25) is 0 Å². The number of piperidine rings is 1. The molecule has 2 unspecified atom stereocenters. The molecule has 0 aliphatic carbocycles. The summed E-state index contributed by atoms with van der Waals surface area (Å²) in [6.07, 6.45) is 0.741. The number of rotatable bonds is 1. The first-order valence-electron chi connectivity index (χ1n) is 4.22. The molecule has 2 heterocycles. The summed E-state index contributed by atoms with van der Waals surface area (Å²) in [5, 5.41) is 13.0. The maximum atomic E-state index is 11.0. The summed E-state index contributed by atoms with van der Waals surface area (Å²) in [6, 6.07) is 0.220. The van der Waals surface area contributed by atoms with E-state index < -0.39 is 10.2 Å². The summed E-state index contributed by atoms with van der Waals surface area (Å²) in [5.74, 6) is 0.243. The first-order chi connectivity index (χ1) is 6.07. The molecule has 0 aromatic heterocycles. The highest BCUT2D eigenvalue weighted by Gasteiger charge is 2.35. The second-order valence-corrected chi connectivity index (χ2v) is 5.00. The van der Waals surface area contributed by atoms with Crippen molar-refractivity contribution in [3.63, 3.8) is 0 Å². The van der Waals surface area contributed by atoms with Crippen molar-refractivity contribution < 1.29 is 8.42 Å². The van der Waals surface area contributed by atoms with E-state index in [1.807, 2.05) is 0 Å². The van der Waals surface area contributed by atoms with Crippen LogP contribution in [0.1, 0.15) is 6.42 Å². The third-order valence-corrected chi connectivity index (χ3v) is 3.61. The third-order valence-electron chi connectivity index (χ3n) is 2.56. The van der Waals surface area contributed by atoms with Gasteiger partial charge in [0.25, 0.3) is 10.2 Å². The van der Waals surface area contributed by atoms with Crippen molar-refractivity contribution in [1.29, 1.82) is 0 Å². The zero-order chi connectivity index (χ0) is 9.47. The fourth-order valence-corrected chi connectivity index (χ4v) is 2.57. The van der Waals surface area contributed by atoms with E-state index in [0.29, 0.717) is 19.6 Å². The van der Waals surface area contributed by atoms with Crippen molar-refractivity contribution in [3.8, 4) is 0 Å². The number of hydrogen-bond acceptors (Lipinski definition) is 4. The predicted octanol–water partition coefficient (Wildman–Crippen LogP) is -0.654.